The second-order valence-electron chi connectivity index (χ2n) is 8.91. The third-order valence-corrected chi connectivity index (χ3v) is 5.91. The van der Waals surface area contributed by atoms with E-state index in [-0.39, 0.29) is 17.7 Å². The summed E-state index contributed by atoms with van der Waals surface area (Å²) in [7, 11) is 0. The van der Waals surface area contributed by atoms with Crippen LogP contribution in [0.25, 0.3) is 0 Å². The first-order chi connectivity index (χ1) is 16.3. The summed E-state index contributed by atoms with van der Waals surface area (Å²) in [6.45, 7) is 1.66. The van der Waals surface area contributed by atoms with E-state index in [0.29, 0.717) is 24.0 Å². The Bertz CT molecular complexity index is 735. The molecule has 190 valence electrons. The standard InChI is InChI=1S/C14H18N2O2.C12H24N2O2/c15-13(17)11-5-7-12(8-6-11)14(18)16-9-3-1-2-4-10-16;13-11(15)9-7-5-3-1-2-4-6-8-10-12(14)16/h5-8H,1-4,9-10H2,(H2,15,17);1-10H2,(H2,13,15)(H2,14,16). The Morgan fingerprint density at radius 1 is 0.588 bits per heavy atom. The fourth-order valence-corrected chi connectivity index (χ4v) is 3.89. The molecular weight excluding hydrogens is 432 g/mol. The SMILES string of the molecule is NC(=O)CCCCCCCCCCC(N)=O.NC(=O)c1ccc(C(=O)N2CCCCCC2)cc1. The maximum atomic E-state index is 12.2. The van der Waals surface area contributed by atoms with Gasteiger partial charge in [-0.05, 0) is 49.9 Å². The van der Waals surface area contributed by atoms with E-state index in [1.54, 1.807) is 24.3 Å². The van der Waals surface area contributed by atoms with Crippen LogP contribution in [0.3, 0.4) is 0 Å². The number of carbonyl (C=O) groups is 4. The highest BCUT2D eigenvalue weighted by molar-refractivity contribution is 5.97. The number of amides is 4. The quantitative estimate of drug-likeness (QED) is 0.374. The first kappa shape index (κ1) is 29.1. The fourth-order valence-electron chi connectivity index (χ4n) is 3.89. The van der Waals surface area contributed by atoms with Gasteiger partial charge < -0.3 is 22.1 Å². The van der Waals surface area contributed by atoms with Crippen LogP contribution >= 0.6 is 0 Å². The Morgan fingerprint density at radius 3 is 1.35 bits per heavy atom. The van der Waals surface area contributed by atoms with Gasteiger partial charge in [-0.3, -0.25) is 19.2 Å². The number of carbonyl (C=O) groups excluding carboxylic acids is 4. The van der Waals surface area contributed by atoms with Crippen LogP contribution in [0.2, 0.25) is 0 Å². The van der Waals surface area contributed by atoms with Crippen LogP contribution < -0.4 is 17.2 Å². The zero-order valence-electron chi connectivity index (χ0n) is 20.4. The molecule has 34 heavy (non-hydrogen) atoms. The van der Waals surface area contributed by atoms with Crippen molar-refractivity contribution in [3.8, 4) is 0 Å². The smallest absolute Gasteiger partial charge is 0.253 e. The topological polar surface area (TPSA) is 150 Å². The molecule has 1 aromatic rings. The minimum absolute atomic E-state index is 0.0490. The van der Waals surface area contributed by atoms with E-state index in [9.17, 15) is 19.2 Å². The van der Waals surface area contributed by atoms with Gasteiger partial charge in [-0.2, -0.15) is 0 Å². The largest absolute Gasteiger partial charge is 0.370 e. The molecule has 4 amide bonds. The highest BCUT2D eigenvalue weighted by Crippen LogP contribution is 2.14. The lowest BCUT2D eigenvalue weighted by Crippen LogP contribution is -2.31. The van der Waals surface area contributed by atoms with Crippen molar-refractivity contribution in [1.82, 2.24) is 4.90 Å². The molecule has 1 aliphatic heterocycles. The molecule has 1 heterocycles. The van der Waals surface area contributed by atoms with E-state index in [0.717, 1.165) is 51.6 Å². The number of primary amides is 3. The highest BCUT2D eigenvalue weighted by atomic mass is 16.2. The number of rotatable bonds is 13. The number of nitrogens with two attached hydrogens (primary N) is 3. The van der Waals surface area contributed by atoms with Crippen LogP contribution in [-0.2, 0) is 9.59 Å². The fraction of sp³-hybridized carbons (Fsp3) is 0.615. The number of hydrogen-bond donors (Lipinski definition) is 3. The number of likely N-dealkylation sites (tertiary alicyclic amines) is 1. The summed E-state index contributed by atoms with van der Waals surface area (Å²) < 4.78 is 0. The molecule has 1 saturated heterocycles. The highest BCUT2D eigenvalue weighted by Gasteiger charge is 2.17. The maximum Gasteiger partial charge on any atom is 0.253 e. The summed E-state index contributed by atoms with van der Waals surface area (Å²) in [5, 5.41) is 0. The molecule has 0 aromatic heterocycles. The molecule has 0 unspecified atom stereocenters. The van der Waals surface area contributed by atoms with E-state index in [1.807, 2.05) is 4.90 Å². The average molecular weight is 475 g/mol. The summed E-state index contributed by atoms with van der Waals surface area (Å²) >= 11 is 0. The van der Waals surface area contributed by atoms with Gasteiger partial charge in [-0.1, -0.05) is 51.4 Å². The van der Waals surface area contributed by atoms with E-state index >= 15 is 0 Å². The predicted octanol–water partition coefficient (Wildman–Crippen LogP) is 3.66. The molecule has 8 heteroatoms. The Morgan fingerprint density at radius 2 is 0.971 bits per heavy atom. The van der Waals surface area contributed by atoms with Gasteiger partial charge in [0.05, 0.1) is 0 Å². The van der Waals surface area contributed by atoms with Gasteiger partial charge >= 0.3 is 0 Å². The zero-order chi connectivity index (χ0) is 25.2. The number of unbranched alkanes of at least 4 members (excludes halogenated alkanes) is 7. The molecule has 1 fully saturated rings. The lowest BCUT2D eigenvalue weighted by molar-refractivity contribution is -0.119. The van der Waals surface area contributed by atoms with Gasteiger partial charge in [0.2, 0.25) is 17.7 Å². The van der Waals surface area contributed by atoms with Gasteiger partial charge in [0, 0.05) is 37.1 Å². The van der Waals surface area contributed by atoms with Crippen molar-refractivity contribution in [2.75, 3.05) is 13.1 Å². The van der Waals surface area contributed by atoms with Gasteiger partial charge in [0.1, 0.15) is 0 Å². The van der Waals surface area contributed by atoms with Crippen LogP contribution in [0.15, 0.2) is 24.3 Å². The predicted molar refractivity (Wildman–Crippen MR) is 134 cm³/mol. The molecule has 8 nitrogen and oxygen atoms in total. The second kappa shape index (κ2) is 17.6. The lowest BCUT2D eigenvalue weighted by Gasteiger charge is -2.20. The summed E-state index contributed by atoms with van der Waals surface area (Å²) in [4.78, 5) is 46.0. The summed E-state index contributed by atoms with van der Waals surface area (Å²) in [5.74, 6) is -0.824. The molecule has 1 aliphatic rings. The molecule has 2 rings (SSSR count). The van der Waals surface area contributed by atoms with E-state index < -0.39 is 5.91 Å². The lowest BCUT2D eigenvalue weighted by atomic mass is 10.1. The van der Waals surface area contributed by atoms with Crippen molar-refractivity contribution < 1.29 is 19.2 Å². The molecular formula is C26H42N4O4. The Kier molecular flexibility index (Phi) is 15.0. The molecule has 6 N–H and O–H groups in total. The monoisotopic (exact) mass is 474 g/mol. The summed E-state index contributed by atoms with van der Waals surface area (Å²) in [5.41, 5.74) is 16.3. The maximum absolute atomic E-state index is 12.2. The van der Waals surface area contributed by atoms with Crippen LogP contribution in [0.1, 0.15) is 111 Å². The van der Waals surface area contributed by atoms with Gasteiger partial charge in [-0.15, -0.1) is 0 Å². The van der Waals surface area contributed by atoms with Gasteiger partial charge in [0.25, 0.3) is 5.91 Å². The second-order valence-corrected chi connectivity index (χ2v) is 8.91. The average Bonchev–Trinajstić information content (AvgIpc) is 3.09. The molecule has 0 radical (unpaired) electrons. The van der Waals surface area contributed by atoms with E-state index in [4.69, 9.17) is 17.2 Å². The van der Waals surface area contributed by atoms with Crippen LogP contribution in [-0.4, -0.2) is 41.6 Å². The van der Waals surface area contributed by atoms with Crippen molar-refractivity contribution in [3.63, 3.8) is 0 Å². The molecule has 0 bridgehead atoms. The van der Waals surface area contributed by atoms with Crippen molar-refractivity contribution in [3.05, 3.63) is 35.4 Å². The van der Waals surface area contributed by atoms with Crippen molar-refractivity contribution >= 4 is 23.6 Å². The van der Waals surface area contributed by atoms with Gasteiger partial charge in [-0.25, -0.2) is 0 Å². The minimum Gasteiger partial charge on any atom is -0.370 e. The normalized spacial score (nSPS) is 13.4. The first-order valence-corrected chi connectivity index (χ1v) is 12.6. The number of benzene rings is 1. The Balaban J connectivity index is 0.000000344. The first-order valence-electron chi connectivity index (χ1n) is 12.6. The van der Waals surface area contributed by atoms with Crippen LogP contribution in [0.4, 0.5) is 0 Å². The van der Waals surface area contributed by atoms with Crippen LogP contribution in [0.5, 0.6) is 0 Å². The van der Waals surface area contributed by atoms with Gasteiger partial charge in [0.15, 0.2) is 0 Å². The molecule has 0 saturated carbocycles. The number of hydrogen-bond acceptors (Lipinski definition) is 4. The molecule has 0 spiro atoms. The third-order valence-electron chi connectivity index (χ3n) is 5.91. The molecule has 0 aliphatic carbocycles. The molecule has 1 aromatic carbocycles. The Labute approximate surface area is 203 Å². The third kappa shape index (κ3) is 13.6. The van der Waals surface area contributed by atoms with Crippen LogP contribution in [0, 0.1) is 0 Å². The molecule has 0 atom stereocenters. The Hall–Kier alpha value is -2.90. The summed E-state index contributed by atoms with van der Waals surface area (Å²) in [6.07, 6.45) is 14.3. The van der Waals surface area contributed by atoms with Crippen molar-refractivity contribution in [1.29, 1.82) is 0 Å². The minimum atomic E-state index is -0.469. The van der Waals surface area contributed by atoms with E-state index in [1.165, 1.54) is 38.5 Å². The van der Waals surface area contributed by atoms with Crippen molar-refractivity contribution in [2.45, 2.75) is 89.9 Å². The van der Waals surface area contributed by atoms with Crippen molar-refractivity contribution in [2.24, 2.45) is 17.2 Å². The van der Waals surface area contributed by atoms with E-state index in [2.05, 4.69) is 0 Å². The number of nitrogens with zero attached hydrogens (tertiary/aromatic N) is 1. The zero-order valence-corrected chi connectivity index (χ0v) is 20.4. The summed E-state index contributed by atoms with van der Waals surface area (Å²) in [6, 6.07) is 6.56.